The molecule has 0 bridgehead atoms. The lowest BCUT2D eigenvalue weighted by Crippen LogP contribution is -2.22. The first-order valence-electron chi connectivity index (χ1n) is 8.15. The van der Waals surface area contributed by atoms with Gasteiger partial charge in [0, 0.05) is 23.0 Å². The molecule has 1 N–H and O–H groups in total. The van der Waals surface area contributed by atoms with E-state index in [1.165, 1.54) is 16.7 Å². The average molecular weight is 356 g/mol. The fourth-order valence-electron chi connectivity index (χ4n) is 2.67. The number of fused-ring (bicyclic) bond motifs is 1. The van der Waals surface area contributed by atoms with Crippen LogP contribution in [0.2, 0.25) is 0 Å². The van der Waals surface area contributed by atoms with Gasteiger partial charge < -0.3 is 0 Å². The van der Waals surface area contributed by atoms with Crippen LogP contribution in [0.15, 0.2) is 59.5 Å². The molecule has 3 aromatic rings. The van der Waals surface area contributed by atoms with Gasteiger partial charge in [0.15, 0.2) is 0 Å². The number of rotatable bonds is 4. The fraction of sp³-hybridized carbons (Fsp3) is 0.250. The summed E-state index contributed by atoms with van der Waals surface area (Å²) in [5.41, 5.74) is 2.82. The van der Waals surface area contributed by atoms with E-state index >= 15 is 0 Å². The van der Waals surface area contributed by atoms with E-state index in [2.05, 4.69) is 25.5 Å². The van der Waals surface area contributed by atoms with Gasteiger partial charge in [-0.1, -0.05) is 42.3 Å². The van der Waals surface area contributed by atoms with E-state index in [9.17, 15) is 9.18 Å². The van der Waals surface area contributed by atoms with Crippen LogP contribution in [0.1, 0.15) is 26.3 Å². The Kier molecular flexibility index (Phi) is 4.97. The Hall–Kier alpha value is -2.11. The van der Waals surface area contributed by atoms with Crippen LogP contribution in [-0.2, 0) is 6.54 Å². The van der Waals surface area contributed by atoms with Gasteiger partial charge in [-0.05, 0) is 50.1 Å². The highest BCUT2D eigenvalue weighted by Gasteiger charge is 2.15. The molecule has 3 rings (SSSR count). The van der Waals surface area contributed by atoms with Crippen LogP contribution in [0.3, 0.4) is 0 Å². The first kappa shape index (κ1) is 17.7. The third-order valence-electron chi connectivity index (χ3n) is 3.72. The number of nitrogens with one attached hydrogen (secondary N) is 1. The number of benzene rings is 1. The Morgan fingerprint density at radius 2 is 1.84 bits per heavy atom. The number of halogens is 1. The number of hydrogen-bond donors (Lipinski definition) is 1. The van der Waals surface area contributed by atoms with E-state index < -0.39 is 5.82 Å². The van der Waals surface area contributed by atoms with E-state index in [0.717, 1.165) is 11.1 Å². The van der Waals surface area contributed by atoms with Crippen molar-refractivity contribution in [3.63, 3.8) is 0 Å². The normalized spacial score (nSPS) is 11.8. The molecule has 0 aliphatic carbocycles. The molecule has 1 aromatic carbocycles. The Morgan fingerprint density at radius 3 is 2.52 bits per heavy atom. The van der Waals surface area contributed by atoms with Gasteiger partial charge in [0.25, 0.3) is 5.56 Å². The van der Waals surface area contributed by atoms with Gasteiger partial charge in [-0.2, -0.15) is 0 Å². The Bertz CT molecular complexity index is 946. The molecule has 0 spiro atoms. The largest absolute Gasteiger partial charge is 0.281 e. The molecule has 25 heavy (non-hydrogen) atoms. The van der Waals surface area contributed by atoms with Crippen LogP contribution in [-0.4, -0.2) is 9.15 Å². The Balaban J connectivity index is 2.13. The summed E-state index contributed by atoms with van der Waals surface area (Å²) in [7, 11) is 0. The second-order valence-corrected chi connectivity index (χ2v) is 8.61. The molecule has 0 aliphatic heterocycles. The van der Waals surface area contributed by atoms with E-state index in [1.54, 1.807) is 18.0 Å². The maximum Gasteiger partial charge on any atom is 0.263 e. The zero-order valence-corrected chi connectivity index (χ0v) is 15.4. The second-order valence-electron chi connectivity index (χ2n) is 6.89. The van der Waals surface area contributed by atoms with Crippen molar-refractivity contribution in [3.05, 3.63) is 76.5 Å². The standard InChI is InChI=1S/C20H21FN2OS/c1-20(2,3)25-22-12-15-11-17-10-9-16(21)13-23(17)19(24)18(15)14-7-5-4-6-8-14/h4-11,13,22H,12H2,1-3H3. The SMILES string of the molecule is CC(C)(C)SNCc1cc2ccc(F)cn2c(=O)c1-c1ccccc1. The van der Waals surface area contributed by atoms with Gasteiger partial charge in [-0.3, -0.25) is 13.9 Å². The van der Waals surface area contributed by atoms with E-state index in [4.69, 9.17) is 0 Å². The van der Waals surface area contributed by atoms with Crippen molar-refractivity contribution in [1.29, 1.82) is 0 Å². The van der Waals surface area contributed by atoms with Crippen LogP contribution < -0.4 is 10.3 Å². The van der Waals surface area contributed by atoms with Crippen LogP contribution in [0, 0.1) is 5.82 Å². The molecule has 130 valence electrons. The first-order chi connectivity index (χ1) is 11.8. The Labute approximate surface area is 151 Å². The van der Waals surface area contributed by atoms with Gasteiger partial charge in [0.05, 0.1) is 5.56 Å². The number of aromatic nitrogens is 1. The van der Waals surface area contributed by atoms with Gasteiger partial charge in [-0.25, -0.2) is 4.39 Å². The minimum atomic E-state index is -0.428. The summed E-state index contributed by atoms with van der Waals surface area (Å²) in [4.78, 5) is 13.0. The summed E-state index contributed by atoms with van der Waals surface area (Å²) in [6, 6.07) is 14.5. The highest BCUT2D eigenvalue weighted by Crippen LogP contribution is 2.24. The summed E-state index contributed by atoms with van der Waals surface area (Å²) >= 11 is 1.63. The minimum Gasteiger partial charge on any atom is -0.281 e. The van der Waals surface area contributed by atoms with Crippen LogP contribution in [0.4, 0.5) is 4.39 Å². The second kappa shape index (κ2) is 7.02. The summed E-state index contributed by atoms with van der Waals surface area (Å²) in [5, 5.41) is 0. The predicted molar refractivity (Wildman–Crippen MR) is 103 cm³/mol. The van der Waals surface area contributed by atoms with Gasteiger partial charge >= 0.3 is 0 Å². The van der Waals surface area contributed by atoms with Crippen molar-refractivity contribution in [3.8, 4) is 11.1 Å². The number of nitrogens with zero attached hydrogens (tertiary/aromatic N) is 1. The maximum atomic E-state index is 13.6. The topological polar surface area (TPSA) is 33.5 Å². The quantitative estimate of drug-likeness (QED) is 0.691. The third kappa shape index (κ3) is 4.11. The number of hydrogen-bond acceptors (Lipinski definition) is 3. The molecule has 0 unspecified atom stereocenters. The lowest BCUT2D eigenvalue weighted by Gasteiger charge is -2.19. The molecule has 2 heterocycles. The van der Waals surface area contributed by atoms with Crippen LogP contribution >= 0.6 is 11.9 Å². The molecule has 0 saturated heterocycles. The highest BCUT2D eigenvalue weighted by molar-refractivity contribution is 7.98. The zero-order valence-electron chi connectivity index (χ0n) is 14.5. The molecule has 2 aromatic heterocycles. The average Bonchev–Trinajstić information content (AvgIpc) is 2.55. The molecule has 0 radical (unpaired) electrons. The maximum absolute atomic E-state index is 13.6. The van der Waals surface area contributed by atoms with Gasteiger partial charge in [0.2, 0.25) is 0 Å². The lowest BCUT2D eigenvalue weighted by atomic mass is 10.0. The Morgan fingerprint density at radius 1 is 1.12 bits per heavy atom. The minimum absolute atomic E-state index is 0.0714. The van der Waals surface area contributed by atoms with Crippen molar-refractivity contribution >= 4 is 17.5 Å². The van der Waals surface area contributed by atoms with Crippen molar-refractivity contribution in [1.82, 2.24) is 9.12 Å². The van der Waals surface area contributed by atoms with Crippen LogP contribution in [0.5, 0.6) is 0 Å². The van der Waals surface area contributed by atoms with Crippen molar-refractivity contribution in [2.24, 2.45) is 0 Å². The lowest BCUT2D eigenvalue weighted by molar-refractivity contribution is 0.618. The molecule has 3 nitrogen and oxygen atoms in total. The first-order valence-corrected chi connectivity index (χ1v) is 8.97. The highest BCUT2D eigenvalue weighted by atomic mass is 32.2. The van der Waals surface area contributed by atoms with Crippen molar-refractivity contribution < 1.29 is 4.39 Å². The molecule has 5 heteroatoms. The smallest absolute Gasteiger partial charge is 0.263 e. The third-order valence-corrected chi connectivity index (χ3v) is 4.62. The molecule has 0 fully saturated rings. The van der Waals surface area contributed by atoms with Crippen molar-refractivity contribution in [2.75, 3.05) is 0 Å². The van der Waals surface area contributed by atoms with E-state index in [1.807, 2.05) is 36.4 Å². The van der Waals surface area contributed by atoms with Gasteiger partial charge in [-0.15, -0.1) is 0 Å². The fourth-order valence-corrected chi connectivity index (χ4v) is 3.33. The predicted octanol–water partition coefficient (Wildman–Crippen LogP) is 4.64. The molecule has 0 amide bonds. The molecule has 0 saturated carbocycles. The van der Waals surface area contributed by atoms with Crippen molar-refractivity contribution in [2.45, 2.75) is 32.1 Å². The summed E-state index contributed by atoms with van der Waals surface area (Å²) in [6.07, 6.45) is 1.24. The van der Waals surface area contributed by atoms with E-state index in [-0.39, 0.29) is 10.3 Å². The monoisotopic (exact) mass is 356 g/mol. The summed E-state index contributed by atoms with van der Waals surface area (Å²) < 4.78 is 18.4. The molecule has 0 aliphatic rings. The summed E-state index contributed by atoms with van der Waals surface area (Å²) in [5.74, 6) is -0.428. The summed E-state index contributed by atoms with van der Waals surface area (Å²) in [6.45, 7) is 6.93. The molecule has 0 atom stereocenters. The zero-order chi connectivity index (χ0) is 18.0. The number of pyridine rings is 2. The van der Waals surface area contributed by atoms with E-state index in [0.29, 0.717) is 17.6 Å². The van der Waals surface area contributed by atoms with Crippen LogP contribution in [0.25, 0.3) is 16.6 Å². The molecular weight excluding hydrogens is 335 g/mol. The molecular formula is C20H21FN2OS. The van der Waals surface area contributed by atoms with Gasteiger partial charge in [0.1, 0.15) is 5.82 Å².